The highest BCUT2D eigenvalue weighted by Gasteiger charge is 2.19. The molecular weight excluding hydrogens is 413 g/mol. The number of halogens is 2. The number of hydrogen-bond donors (Lipinski definition) is 1. The fraction of sp³-hybridized carbons (Fsp3) is 0.143. The highest BCUT2D eigenvalue weighted by molar-refractivity contribution is 6.34. The molecular formula is C21H19Cl2N3O3. The lowest BCUT2D eigenvalue weighted by Gasteiger charge is -2.15. The van der Waals surface area contributed by atoms with Crippen molar-refractivity contribution in [3.63, 3.8) is 0 Å². The molecule has 0 saturated heterocycles. The number of amides is 2. The molecule has 0 saturated carbocycles. The van der Waals surface area contributed by atoms with Crippen molar-refractivity contribution in [2.45, 2.75) is 0 Å². The van der Waals surface area contributed by atoms with Crippen molar-refractivity contribution in [3.05, 3.63) is 76.0 Å². The summed E-state index contributed by atoms with van der Waals surface area (Å²) in [6.45, 7) is 0. The first-order valence-corrected chi connectivity index (χ1v) is 9.41. The lowest BCUT2D eigenvalue weighted by molar-refractivity contribution is 0.0827. The van der Waals surface area contributed by atoms with E-state index >= 15 is 0 Å². The Morgan fingerprint density at radius 3 is 2.34 bits per heavy atom. The van der Waals surface area contributed by atoms with Crippen molar-refractivity contribution in [1.82, 2.24) is 9.47 Å². The van der Waals surface area contributed by atoms with Crippen molar-refractivity contribution in [3.8, 4) is 11.4 Å². The summed E-state index contributed by atoms with van der Waals surface area (Å²) in [5.41, 5.74) is 1.65. The number of hydrogen-bond acceptors (Lipinski definition) is 3. The first-order chi connectivity index (χ1) is 13.8. The van der Waals surface area contributed by atoms with Gasteiger partial charge in [0.25, 0.3) is 11.8 Å². The monoisotopic (exact) mass is 431 g/mol. The summed E-state index contributed by atoms with van der Waals surface area (Å²) in [6.07, 6.45) is 3.68. The van der Waals surface area contributed by atoms with Crippen LogP contribution in [0.4, 0.5) is 5.69 Å². The molecule has 8 heteroatoms. The molecule has 0 bridgehead atoms. The fourth-order valence-corrected chi connectivity index (χ4v) is 3.21. The molecule has 0 aliphatic rings. The van der Waals surface area contributed by atoms with Crippen LogP contribution in [0.2, 0.25) is 10.0 Å². The molecule has 1 N–H and O–H groups in total. The molecule has 0 fully saturated rings. The Morgan fingerprint density at radius 2 is 1.72 bits per heavy atom. The maximum atomic E-state index is 12.9. The van der Waals surface area contributed by atoms with E-state index in [9.17, 15) is 9.59 Å². The third kappa shape index (κ3) is 4.39. The van der Waals surface area contributed by atoms with E-state index in [4.69, 9.17) is 27.9 Å². The quantitative estimate of drug-likeness (QED) is 0.633. The van der Waals surface area contributed by atoms with Crippen LogP contribution in [0.15, 0.2) is 54.9 Å². The molecule has 0 spiro atoms. The highest BCUT2D eigenvalue weighted by Crippen LogP contribution is 2.31. The van der Waals surface area contributed by atoms with Crippen LogP contribution < -0.4 is 10.1 Å². The molecule has 3 aromatic rings. The van der Waals surface area contributed by atoms with Gasteiger partial charge in [-0.15, -0.1) is 0 Å². The predicted octanol–water partition coefficient (Wildman–Crippen LogP) is 4.75. The minimum absolute atomic E-state index is 0.200. The number of carbonyl (C=O) groups excluding carboxylic acids is 2. The highest BCUT2D eigenvalue weighted by atomic mass is 35.5. The number of aromatic nitrogens is 1. The molecule has 0 unspecified atom stereocenters. The van der Waals surface area contributed by atoms with Crippen molar-refractivity contribution in [2.75, 3.05) is 26.5 Å². The van der Waals surface area contributed by atoms with Gasteiger partial charge in [-0.2, -0.15) is 0 Å². The van der Waals surface area contributed by atoms with E-state index in [0.29, 0.717) is 32.7 Å². The van der Waals surface area contributed by atoms with Crippen molar-refractivity contribution >= 4 is 40.7 Å². The molecule has 2 aromatic carbocycles. The lowest BCUT2D eigenvalue weighted by Crippen LogP contribution is -2.22. The van der Waals surface area contributed by atoms with E-state index in [1.165, 1.54) is 24.1 Å². The van der Waals surface area contributed by atoms with Gasteiger partial charge in [0.05, 0.1) is 34.1 Å². The lowest BCUT2D eigenvalue weighted by atomic mass is 10.1. The summed E-state index contributed by atoms with van der Waals surface area (Å²) in [5, 5.41) is 3.42. The Bertz CT molecular complexity index is 1060. The minimum Gasteiger partial charge on any atom is -0.496 e. The second-order valence-corrected chi connectivity index (χ2v) is 7.26. The Morgan fingerprint density at radius 1 is 1.03 bits per heavy atom. The van der Waals surface area contributed by atoms with Gasteiger partial charge in [0.2, 0.25) is 0 Å². The van der Waals surface area contributed by atoms with Crippen LogP contribution in [0.1, 0.15) is 20.7 Å². The Labute approximate surface area is 178 Å². The Hall–Kier alpha value is -2.96. The first kappa shape index (κ1) is 20.8. The van der Waals surface area contributed by atoms with Gasteiger partial charge in [-0.3, -0.25) is 9.59 Å². The zero-order valence-corrected chi connectivity index (χ0v) is 17.6. The van der Waals surface area contributed by atoms with Gasteiger partial charge in [-0.1, -0.05) is 23.2 Å². The second kappa shape index (κ2) is 8.59. The summed E-state index contributed by atoms with van der Waals surface area (Å²) in [6, 6.07) is 11.7. The number of nitrogens with one attached hydrogen (secondary N) is 1. The first-order valence-electron chi connectivity index (χ1n) is 8.65. The normalized spacial score (nSPS) is 10.5. The molecule has 1 heterocycles. The van der Waals surface area contributed by atoms with Gasteiger partial charge in [0.1, 0.15) is 5.75 Å². The Balaban J connectivity index is 1.94. The second-order valence-electron chi connectivity index (χ2n) is 6.44. The average Bonchev–Trinajstić information content (AvgIpc) is 3.23. The van der Waals surface area contributed by atoms with E-state index in [2.05, 4.69) is 5.32 Å². The zero-order chi connectivity index (χ0) is 21.1. The third-order valence-electron chi connectivity index (χ3n) is 4.26. The number of anilines is 1. The number of nitrogens with zero attached hydrogens (tertiary/aromatic N) is 2. The molecule has 150 valence electrons. The summed E-state index contributed by atoms with van der Waals surface area (Å²) >= 11 is 12.6. The van der Waals surface area contributed by atoms with Crippen molar-refractivity contribution < 1.29 is 14.3 Å². The van der Waals surface area contributed by atoms with Crippen molar-refractivity contribution in [2.24, 2.45) is 0 Å². The molecule has 2 amide bonds. The number of methoxy groups -OCH3 is 1. The van der Waals surface area contributed by atoms with Gasteiger partial charge < -0.3 is 19.5 Å². The minimum atomic E-state index is -0.459. The van der Waals surface area contributed by atoms with E-state index < -0.39 is 5.91 Å². The maximum absolute atomic E-state index is 12.9. The number of carbonyl (C=O) groups is 2. The third-order valence-corrected chi connectivity index (χ3v) is 4.90. The van der Waals surface area contributed by atoms with Gasteiger partial charge in [-0.05, 0) is 36.4 Å². The van der Waals surface area contributed by atoms with Gasteiger partial charge in [0, 0.05) is 38.1 Å². The van der Waals surface area contributed by atoms with Crippen LogP contribution in [0, 0.1) is 0 Å². The number of benzene rings is 2. The van der Waals surface area contributed by atoms with Crippen LogP contribution in [0.25, 0.3) is 5.69 Å². The van der Waals surface area contributed by atoms with Crippen LogP contribution in [-0.2, 0) is 0 Å². The molecule has 6 nitrogen and oxygen atoms in total. The van der Waals surface area contributed by atoms with E-state index in [-0.39, 0.29) is 11.5 Å². The molecule has 0 aliphatic heterocycles. The molecule has 29 heavy (non-hydrogen) atoms. The summed E-state index contributed by atoms with van der Waals surface area (Å²) in [7, 11) is 4.77. The fourth-order valence-electron chi connectivity index (χ4n) is 2.78. The van der Waals surface area contributed by atoms with Crippen LogP contribution in [0.5, 0.6) is 5.75 Å². The summed E-state index contributed by atoms with van der Waals surface area (Å²) < 4.78 is 7.21. The SMILES string of the molecule is COc1cc(-n2cccc2)c(Cl)cc1C(=O)Nc1cc(C(=O)N(C)C)ccc1Cl. The molecule has 0 aliphatic carbocycles. The predicted molar refractivity (Wildman–Crippen MR) is 115 cm³/mol. The van der Waals surface area contributed by atoms with Crippen LogP contribution >= 0.6 is 23.2 Å². The standard InChI is InChI=1S/C21H19Cl2N3O3/c1-25(2)21(28)13-6-7-15(22)17(10-13)24-20(27)14-11-16(23)18(12-19(14)29-3)26-8-4-5-9-26/h4-12H,1-3H3,(H,24,27). The summed E-state index contributed by atoms with van der Waals surface area (Å²) in [5.74, 6) is -0.305. The largest absolute Gasteiger partial charge is 0.496 e. The van der Waals surface area contributed by atoms with Crippen LogP contribution in [0.3, 0.4) is 0 Å². The number of ether oxygens (including phenoxy) is 1. The maximum Gasteiger partial charge on any atom is 0.259 e. The topological polar surface area (TPSA) is 63.6 Å². The van der Waals surface area contributed by atoms with Gasteiger partial charge in [-0.25, -0.2) is 0 Å². The average molecular weight is 432 g/mol. The van der Waals surface area contributed by atoms with Crippen molar-refractivity contribution in [1.29, 1.82) is 0 Å². The molecule has 3 rings (SSSR count). The van der Waals surface area contributed by atoms with E-state index in [1.807, 2.05) is 29.1 Å². The molecule has 0 atom stereocenters. The molecule has 1 aromatic heterocycles. The number of rotatable bonds is 5. The smallest absolute Gasteiger partial charge is 0.259 e. The zero-order valence-electron chi connectivity index (χ0n) is 16.1. The Kier molecular flexibility index (Phi) is 6.15. The van der Waals surface area contributed by atoms with Gasteiger partial charge >= 0.3 is 0 Å². The van der Waals surface area contributed by atoms with Gasteiger partial charge in [0.15, 0.2) is 0 Å². The van der Waals surface area contributed by atoms with Crippen LogP contribution in [-0.4, -0.2) is 42.5 Å². The molecule has 0 radical (unpaired) electrons. The van der Waals surface area contributed by atoms with E-state index in [1.54, 1.807) is 32.3 Å². The summed E-state index contributed by atoms with van der Waals surface area (Å²) in [4.78, 5) is 26.5. The van der Waals surface area contributed by atoms with E-state index in [0.717, 1.165) is 0 Å².